The first-order valence-corrected chi connectivity index (χ1v) is 6.24. The number of hydrogen-bond acceptors (Lipinski definition) is 0. The summed E-state index contributed by atoms with van der Waals surface area (Å²) in [4.78, 5) is 3.52. The minimum absolute atomic E-state index is 1.09. The molecule has 1 heterocycles. The molecule has 0 spiro atoms. The number of H-pyrrole nitrogens is 1. The number of para-hydroxylation sites is 1. The van der Waals surface area contributed by atoms with E-state index in [1.165, 1.54) is 32.6 Å². The summed E-state index contributed by atoms with van der Waals surface area (Å²) in [5.41, 5.74) is 3.95. The van der Waals surface area contributed by atoms with Gasteiger partial charge in [0.1, 0.15) is 0 Å². The van der Waals surface area contributed by atoms with Crippen molar-refractivity contribution in [3.63, 3.8) is 0 Å². The highest BCUT2D eigenvalue weighted by Gasteiger charge is 2.07. The average molecular weight is 211 g/mol. The Balaban J connectivity index is 2.66. The third-order valence-electron chi connectivity index (χ3n) is 3.08. The summed E-state index contributed by atoms with van der Waals surface area (Å²) in [6, 6.07) is 13.0. The van der Waals surface area contributed by atoms with Crippen molar-refractivity contribution < 1.29 is 0 Å². The van der Waals surface area contributed by atoms with Crippen LogP contribution < -0.4 is 5.19 Å². The molecule has 3 rings (SSSR count). The van der Waals surface area contributed by atoms with Gasteiger partial charge in [0.15, 0.2) is 0 Å². The van der Waals surface area contributed by atoms with E-state index >= 15 is 0 Å². The maximum absolute atomic E-state index is 3.52. The monoisotopic (exact) mass is 211 g/mol. The van der Waals surface area contributed by atoms with Crippen molar-refractivity contribution in [2.24, 2.45) is 0 Å². The summed E-state index contributed by atoms with van der Waals surface area (Å²) in [6.07, 6.45) is 0. The summed E-state index contributed by atoms with van der Waals surface area (Å²) in [5.74, 6) is 0. The molecule has 0 aliphatic rings. The predicted octanol–water partition coefficient (Wildman–Crippen LogP) is 1.62. The lowest BCUT2D eigenvalue weighted by atomic mass is 10.1. The van der Waals surface area contributed by atoms with Crippen LogP contribution in [-0.2, 0) is 0 Å². The highest BCUT2D eigenvalue weighted by molar-refractivity contribution is 6.39. The van der Waals surface area contributed by atoms with Gasteiger partial charge >= 0.3 is 0 Å². The minimum atomic E-state index is 1.09. The number of fused-ring (bicyclic) bond motifs is 3. The molecule has 0 saturated heterocycles. The molecule has 0 aliphatic heterocycles. The summed E-state index contributed by atoms with van der Waals surface area (Å²) >= 11 is 0. The molecule has 2 heteroatoms. The van der Waals surface area contributed by atoms with Gasteiger partial charge in [0.25, 0.3) is 0 Å². The molecule has 15 heavy (non-hydrogen) atoms. The van der Waals surface area contributed by atoms with Crippen LogP contribution in [-0.4, -0.2) is 15.2 Å². The Labute approximate surface area is 91.5 Å². The number of hydrogen-bond donors (Lipinski definition) is 1. The van der Waals surface area contributed by atoms with E-state index in [1.54, 1.807) is 0 Å². The smallest absolute Gasteiger partial charge is 0.0464 e. The van der Waals surface area contributed by atoms with Gasteiger partial charge in [0.05, 0.1) is 0 Å². The zero-order chi connectivity index (χ0) is 10.4. The van der Waals surface area contributed by atoms with Gasteiger partial charge in [-0.25, -0.2) is 0 Å². The van der Waals surface area contributed by atoms with Crippen LogP contribution in [0.5, 0.6) is 0 Å². The van der Waals surface area contributed by atoms with Crippen LogP contribution in [0.4, 0.5) is 0 Å². The van der Waals surface area contributed by atoms with Crippen LogP contribution in [0.25, 0.3) is 21.8 Å². The van der Waals surface area contributed by atoms with Crippen LogP contribution in [0.3, 0.4) is 0 Å². The van der Waals surface area contributed by atoms with Gasteiger partial charge in [-0.05, 0) is 23.7 Å². The highest BCUT2D eigenvalue weighted by Crippen LogP contribution is 2.26. The molecule has 1 aromatic heterocycles. The largest absolute Gasteiger partial charge is 0.355 e. The van der Waals surface area contributed by atoms with Crippen LogP contribution in [0.2, 0.25) is 0 Å². The van der Waals surface area contributed by atoms with Gasteiger partial charge in [-0.3, -0.25) is 0 Å². The maximum atomic E-state index is 3.52. The Morgan fingerprint density at radius 2 is 1.87 bits per heavy atom. The van der Waals surface area contributed by atoms with Crippen molar-refractivity contribution in [1.29, 1.82) is 0 Å². The molecule has 0 amide bonds. The van der Waals surface area contributed by atoms with Crippen molar-refractivity contribution in [2.75, 3.05) is 0 Å². The molecule has 0 bridgehead atoms. The van der Waals surface area contributed by atoms with Gasteiger partial charge < -0.3 is 4.98 Å². The Morgan fingerprint density at radius 1 is 1.07 bits per heavy atom. The molecule has 1 N–H and O–H groups in total. The van der Waals surface area contributed by atoms with Crippen LogP contribution in [0, 0.1) is 6.92 Å². The zero-order valence-corrected chi connectivity index (χ0v) is 11.0. The van der Waals surface area contributed by atoms with Gasteiger partial charge in [-0.1, -0.05) is 30.3 Å². The SMILES string of the molecule is Cc1ccc([SiH3])c2[nH]c3ccccc3c12. The van der Waals surface area contributed by atoms with Gasteiger partial charge in [-0.2, -0.15) is 0 Å². The first-order chi connectivity index (χ1) is 7.27. The van der Waals surface area contributed by atoms with Gasteiger partial charge in [-0.15, -0.1) is 0 Å². The number of aromatic nitrogens is 1. The Morgan fingerprint density at radius 3 is 2.73 bits per heavy atom. The second-order valence-electron chi connectivity index (χ2n) is 4.12. The lowest BCUT2D eigenvalue weighted by Crippen LogP contribution is -2.03. The fraction of sp³-hybridized carbons (Fsp3) is 0.0769. The van der Waals surface area contributed by atoms with Crippen molar-refractivity contribution in [2.45, 2.75) is 6.92 Å². The summed E-state index contributed by atoms with van der Waals surface area (Å²) in [5, 5.41) is 4.20. The third kappa shape index (κ3) is 1.15. The Hall–Kier alpha value is -1.54. The van der Waals surface area contributed by atoms with Gasteiger partial charge in [0, 0.05) is 32.0 Å². The number of rotatable bonds is 0. The van der Waals surface area contributed by atoms with Crippen molar-refractivity contribution in [3.8, 4) is 0 Å². The normalized spacial score (nSPS) is 11.5. The molecule has 74 valence electrons. The van der Waals surface area contributed by atoms with Crippen molar-refractivity contribution >= 4 is 37.2 Å². The fourth-order valence-corrected chi connectivity index (χ4v) is 2.81. The quantitative estimate of drug-likeness (QED) is 0.544. The highest BCUT2D eigenvalue weighted by atomic mass is 28.1. The second-order valence-corrected chi connectivity index (χ2v) is 5.20. The Kier molecular flexibility index (Phi) is 1.73. The van der Waals surface area contributed by atoms with E-state index in [0.29, 0.717) is 0 Å². The zero-order valence-electron chi connectivity index (χ0n) is 8.96. The lowest BCUT2D eigenvalue weighted by Gasteiger charge is -1.99. The predicted molar refractivity (Wildman–Crippen MR) is 70.1 cm³/mol. The van der Waals surface area contributed by atoms with Crippen LogP contribution >= 0.6 is 0 Å². The standard InChI is InChI=1S/C13H13NSi/c1-8-6-7-11(15)13-12(8)9-4-2-3-5-10(9)14-13/h2-7,14H,1,15H3. The molecule has 0 fully saturated rings. The second kappa shape index (κ2) is 2.97. The van der Waals surface area contributed by atoms with Gasteiger partial charge in [0.2, 0.25) is 0 Å². The number of nitrogens with one attached hydrogen (secondary N) is 1. The van der Waals surface area contributed by atoms with Crippen LogP contribution in [0.1, 0.15) is 5.56 Å². The van der Waals surface area contributed by atoms with Crippen molar-refractivity contribution in [1.82, 2.24) is 4.98 Å². The van der Waals surface area contributed by atoms with E-state index in [4.69, 9.17) is 0 Å². The van der Waals surface area contributed by atoms with E-state index in [-0.39, 0.29) is 0 Å². The van der Waals surface area contributed by atoms with Crippen LogP contribution in [0.15, 0.2) is 36.4 Å². The number of benzene rings is 2. The van der Waals surface area contributed by atoms with E-state index < -0.39 is 0 Å². The molecule has 0 radical (unpaired) electrons. The molecule has 0 aliphatic carbocycles. The average Bonchev–Trinajstić information content (AvgIpc) is 2.64. The van der Waals surface area contributed by atoms with E-state index in [9.17, 15) is 0 Å². The number of aromatic amines is 1. The molecule has 0 atom stereocenters. The summed E-state index contributed by atoms with van der Waals surface area (Å²) < 4.78 is 0. The molecule has 2 aromatic carbocycles. The van der Waals surface area contributed by atoms with E-state index in [1.807, 2.05) is 0 Å². The van der Waals surface area contributed by atoms with Crippen molar-refractivity contribution in [3.05, 3.63) is 42.0 Å². The molecule has 1 nitrogen and oxygen atoms in total. The molecule has 0 saturated carbocycles. The Bertz CT molecular complexity index is 652. The third-order valence-corrected chi connectivity index (χ3v) is 3.91. The first kappa shape index (κ1) is 8.74. The van der Waals surface area contributed by atoms with E-state index in [0.717, 1.165) is 10.2 Å². The molecule has 0 unspecified atom stereocenters. The molecule has 3 aromatic rings. The first-order valence-electron chi connectivity index (χ1n) is 5.24. The summed E-state index contributed by atoms with van der Waals surface area (Å²) in [7, 11) is 1.09. The number of aryl methyl sites for hydroxylation is 1. The fourth-order valence-electron chi connectivity index (χ4n) is 2.26. The molecular formula is C13H13NSi. The lowest BCUT2D eigenvalue weighted by molar-refractivity contribution is 1.52. The summed E-state index contributed by atoms with van der Waals surface area (Å²) in [6.45, 7) is 2.18. The van der Waals surface area contributed by atoms with E-state index in [2.05, 4.69) is 48.3 Å². The molecular weight excluding hydrogens is 198 g/mol. The maximum Gasteiger partial charge on any atom is 0.0464 e. The minimum Gasteiger partial charge on any atom is -0.355 e. The topological polar surface area (TPSA) is 15.8 Å².